The van der Waals surface area contributed by atoms with Crippen LogP contribution in [0.5, 0.6) is 0 Å². The molecule has 1 heterocycles. The first-order chi connectivity index (χ1) is 16.5. The molecule has 2 unspecified atom stereocenters. The Morgan fingerprint density at radius 2 is 1.83 bits per heavy atom. The molecule has 2 N–H and O–H groups in total. The molecule has 198 valence electrons. The molecular weight excluding hydrogens is 469 g/mol. The van der Waals surface area contributed by atoms with Crippen LogP contribution in [0, 0.1) is 10.1 Å². The van der Waals surface area contributed by atoms with Gasteiger partial charge in [-0.05, 0) is 51.2 Å². The van der Waals surface area contributed by atoms with Gasteiger partial charge in [0.15, 0.2) is 6.29 Å². The fraction of sp³-hybridized carbons (Fsp3) is 0.708. The molecular formula is C24H35F3N2O6. The Hall–Kier alpha value is -2.24. The molecule has 0 saturated carbocycles. The number of aliphatic hydroxyl groups is 1. The standard InChI is InChI=1S/C24H35F3N2O6/c1-23(31,14-8-5-3-2-4-6-9-15-34-21-11-7-10-16-35-21)22(30)28-18-12-13-20(29(32)33)19(17-18)24(25,26)27/h12-13,17,21,31H,2-11,14-16H2,1H3,(H,28,30). The van der Waals surface area contributed by atoms with E-state index in [0.717, 1.165) is 70.5 Å². The quantitative estimate of drug-likeness (QED) is 0.184. The number of nitrogens with zero attached hydrogens (tertiary/aromatic N) is 1. The SMILES string of the molecule is CC(O)(CCCCCCCCCOC1CCCCO1)C(=O)Nc1ccc([N+](=O)[O-])c(C(F)(F)F)c1. The van der Waals surface area contributed by atoms with Crippen molar-refractivity contribution in [3.8, 4) is 0 Å². The van der Waals surface area contributed by atoms with Crippen molar-refractivity contribution >= 4 is 17.3 Å². The van der Waals surface area contributed by atoms with Gasteiger partial charge in [0, 0.05) is 25.0 Å². The Morgan fingerprint density at radius 3 is 2.43 bits per heavy atom. The summed E-state index contributed by atoms with van der Waals surface area (Å²) in [5.41, 5.74) is -4.62. The number of carbonyl (C=O) groups is 1. The van der Waals surface area contributed by atoms with E-state index in [1.54, 1.807) is 0 Å². The first-order valence-electron chi connectivity index (χ1n) is 12.1. The zero-order valence-electron chi connectivity index (χ0n) is 20.1. The molecule has 1 fully saturated rings. The van der Waals surface area contributed by atoms with E-state index in [1.807, 2.05) is 0 Å². The number of hydrogen-bond donors (Lipinski definition) is 2. The number of hydrogen-bond acceptors (Lipinski definition) is 6. The minimum absolute atomic E-state index is 0.0548. The summed E-state index contributed by atoms with van der Waals surface area (Å²) in [5.74, 6) is -0.860. The van der Waals surface area contributed by atoms with E-state index in [-0.39, 0.29) is 18.4 Å². The number of alkyl halides is 3. The number of benzene rings is 1. The molecule has 1 aliphatic heterocycles. The second-order valence-corrected chi connectivity index (χ2v) is 9.11. The highest BCUT2D eigenvalue weighted by Crippen LogP contribution is 2.37. The summed E-state index contributed by atoms with van der Waals surface area (Å²) in [6, 6.07) is 2.19. The summed E-state index contributed by atoms with van der Waals surface area (Å²) in [5, 5.41) is 23.5. The number of ether oxygens (including phenoxy) is 2. The molecule has 8 nitrogen and oxygen atoms in total. The molecule has 11 heteroatoms. The van der Waals surface area contributed by atoms with E-state index in [4.69, 9.17) is 9.47 Å². The number of unbranched alkanes of at least 4 members (excludes halogenated alkanes) is 6. The van der Waals surface area contributed by atoms with Crippen molar-refractivity contribution < 1.29 is 37.5 Å². The average molecular weight is 505 g/mol. The van der Waals surface area contributed by atoms with Crippen LogP contribution in [0.1, 0.15) is 83.1 Å². The molecule has 1 aliphatic rings. The normalized spacial score (nSPS) is 18.1. The maximum Gasteiger partial charge on any atom is 0.423 e. The maximum atomic E-state index is 13.1. The number of halogens is 3. The first-order valence-corrected chi connectivity index (χ1v) is 12.1. The first kappa shape index (κ1) is 29.0. The van der Waals surface area contributed by atoms with E-state index in [0.29, 0.717) is 25.2 Å². The topological polar surface area (TPSA) is 111 Å². The lowest BCUT2D eigenvalue weighted by atomic mass is 9.96. The zero-order valence-corrected chi connectivity index (χ0v) is 20.1. The summed E-state index contributed by atoms with van der Waals surface area (Å²) in [4.78, 5) is 22.1. The van der Waals surface area contributed by atoms with Crippen LogP contribution >= 0.6 is 0 Å². The van der Waals surface area contributed by atoms with Gasteiger partial charge in [-0.2, -0.15) is 13.2 Å². The van der Waals surface area contributed by atoms with Crippen molar-refractivity contribution in [1.82, 2.24) is 0 Å². The third kappa shape index (κ3) is 10.1. The van der Waals surface area contributed by atoms with Crippen LogP contribution in [-0.4, -0.2) is 41.0 Å². The van der Waals surface area contributed by atoms with Crippen LogP contribution < -0.4 is 5.32 Å². The minimum atomic E-state index is -4.96. The van der Waals surface area contributed by atoms with E-state index >= 15 is 0 Å². The van der Waals surface area contributed by atoms with Crippen LogP contribution in [0.25, 0.3) is 0 Å². The molecule has 2 rings (SSSR count). The molecule has 1 aromatic rings. The van der Waals surface area contributed by atoms with Crippen molar-refractivity contribution in [3.05, 3.63) is 33.9 Å². The van der Waals surface area contributed by atoms with Crippen LogP contribution in [0.15, 0.2) is 18.2 Å². The summed E-state index contributed by atoms with van der Waals surface area (Å²) >= 11 is 0. The molecule has 0 spiro atoms. The fourth-order valence-corrected chi connectivity index (χ4v) is 3.89. The van der Waals surface area contributed by atoms with Crippen LogP contribution in [0.3, 0.4) is 0 Å². The summed E-state index contributed by atoms with van der Waals surface area (Å²) in [7, 11) is 0. The third-order valence-corrected chi connectivity index (χ3v) is 6.00. The number of carbonyl (C=O) groups excluding carboxylic acids is 1. The smallest absolute Gasteiger partial charge is 0.380 e. The predicted octanol–water partition coefficient (Wildman–Crippen LogP) is 5.97. The van der Waals surface area contributed by atoms with Gasteiger partial charge < -0.3 is 19.9 Å². The maximum absolute atomic E-state index is 13.1. The average Bonchev–Trinajstić information content (AvgIpc) is 2.80. The Balaban J connectivity index is 1.65. The summed E-state index contributed by atoms with van der Waals surface area (Å²) < 4.78 is 50.6. The number of nitrogens with one attached hydrogen (secondary N) is 1. The van der Waals surface area contributed by atoms with Crippen LogP contribution in [0.4, 0.5) is 24.5 Å². The van der Waals surface area contributed by atoms with Gasteiger partial charge in [-0.1, -0.05) is 38.5 Å². The highest BCUT2D eigenvalue weighted by atomic mass is 19.4. The number of amides is 1. The highest BCUT2D eigenvalue weighted by Gasteiger charge is 2.39. The van der Waals surface area contributed by atoms with Crippen LogP contribution in [-0.2, 0) is 20.4 Å². The van der Waals surface area contributed by atoms with Gasteiger partial charge in [-0.3, -0.25) is 14.9 Å². The number of anilines is 1. The lowest BCUT2D eigenvalue weighted by molar-refractivity contribution is -0.388. The van der Waals surface area contributed by atoms with Gasteiger partial charge >= 0.3 is 6.18 Å². The molecule has 0 radical (unpaired) electrons. The summed E-state index contributed by atoms with van der Waals surface area (Å²) in [6.45, 7) is 2.77. The van der Waals surface area contributed by atoms with Crippen molar-refractivity contribution in [2.45, 2.75) is 95.6 Å². The van der Waals surface area contributed by atoms with E-state index < -0.39 is 33.9 Å². The van der Waals surface area contributed by atoms with Crippen molar-refractivity contribution in [2.75, 3.05) is 18.5 Å². The van der Waals surface area contributed by atoms with Gasteiger partial charge in [0.2, 0.25) is 0 Å². The van der Waals surface area contributed by atoms with Crippen molar-refractivity contribution in [2.24, 2.45) is 0 Å². The molecule has 1 amide bonds. The van der Waals surface area contributed by atoms with Crippen molar-refractivity contribution in [3.63, 3.8) is 0 Å². The van der Waals surface area contributed by atoms with E-state index in [1.165, 1.54) is 6.92 Å². The molecule has 0 bridgehead atoms. The Labute approximate surface area is 203 Å². The van der Waals surface area contributed by atoms with E-state index in [9.17, 15) is 33.2 Å². The van der Waals surface area contributed by atoms with E-state index in [2.05, 4.69) is 5.32 Å². The van der Waals surface area contributed by atoms with Gasteiger partial charge in [0.05, 0.1) is 4.92 Å². The Bertz CT molecular complexity index is 826. The molecule has 2 atom stereocenters. The van der Waals surface area contributed by atoms with Crippen molar-refractivity contribution in [1.29, 1.82) is 0 Å². The fourth-order valence-electron chi connectivity index (χ4n) is 3.89. The second-order valence-electron chi connectivity index (χ2n) is 9.11. The Kier molecular flexibility index (Phi) is 11.4. The third-order valence-electron chi connectivity index (χ3n) is 6.00. The molecule has 1 aromatic carbocycles. The lowest BCUT2D eigenvalue weighted by Crippen LogP contribution is -2.40. The van der Waals surface area contributed by atoms with Crippen LogP contribution in [0.2, 0.25) is 0 Å². The number of nitro benzene ring substituents is 1. The molecule has 1 saturated heterocycles. The molecule has 0 aromatic heterocycles. The minimum Gasteiger partial charge on any atom is -0.380 e. The zero-order chi connectivity index (χ0) is 25.9. The number of rotatable bonds is 14. The highest BCUT2D eigenvalue weighted by molar-refractivity contribution is 5.97. The molecule has 35 heavy (non-hydrogen) atoms. The van der Waals surface area contributed by atoms with Gasteiger partial charge in [0.1, 0.15) is 11.2 Å². The predicted molar refractivity (Wildman–Crippen MR) is 124 cm³/mol. The Morgan fingerprint density at radius 1 is 1.17 bits per heavy atom. The lowest BCUT2D eigenvalue weighted by Gasteiger charge is -2.22. The largest absolute Gasteiger partial charge is 0.423 e. The monoisotopic (exact) mass is 504 g/mol. The van der Waals surface area contributed by atoms with Gasteiger partial charge in [-0.25, -0.2) is 0 Å². The molecule has 0 aliphatic carbocycles. The summed E-state index contributed by atoms with van der Waals surface area (Å²) in [6.07, 6.45) is 4.81. The second kappa shape index (κ2) is 13.7. The van der Waals surface area contributed by atoms with Gasteiger partial charge in [-0.15, -0.1) is 0 Å². The number of nitro groups is 1. The van der Waals surface area contributed by atoms with Gasteiger partial charge in [0.25, 0.3) is 11.6 Å².